The fourth-order valence-electron chi connectivity index (χ4n) is 4.97. The minimum absolute atomic E-state index is 0.200. The third kappa shape index (κ3) is 6.42. The Morgan fingerprint density at radius 1 is 1.00 bits per heavy atom. The number of rotatable bonds is 7. The predicted molar refractivity (Wildman–Crippen MR) is 132 cm³/mol. The summed E-state index contributed by atoms with van der Waals surface area (Å²) in [5.74, 6) is 0.624. The van der Waals surface area contributed by atoms with Crippen molar-refractivity contribution in [3.05, 3.63) is 63.6 Å². The van der Waals surface area contributed by atoms with Crippen LogP contribution in [0.2, 0.25) is 10.0 Å². The highest BCUT2D eigenvalue weighted by atomic mass is 35.5. The zero-order chi connectivity index (χ0) is 23.4. The van der Waals surface area contributed by atoms with Crippen LogP contribution in [0.25, 0.3) is 0 Å². The normalized spacial score (nSPS) is 20.0. The molecule has 2 heterocycles. The molecule has 0 bridgehead atoms. The maximum absolute atomic E-state index is 12.0. The van der Waals surface area contributed by atoms with E-state index in [9.17, 15) is 9.90 Å². The second-order valence-electron chi connectivity index (χ2n) is 9.32. The number of ether oxygens (including phenoxy) is 1. The number of halogens is 2. The summed E-state index contributed by atoms with van der Waals surface area (Å²) in [7, 11) is 0. The predicted octanol–water partition coefficient (Wildman–Crippen LogP) is 5.68. The van der Waals surface area contributed by atoms with Crippen molar-refractivity contribution in [1.29, 1.82) is 0 Å². The first-order valence-electron chi connectivity index (χ1n) is 11.8. The number of benzene rings is 2. The molecule has 2 aliphatic heterocycles. The standard InChI is InChI=1S/C26H32Cl2N2O3/c1-18-2-4-20(5-3-18)25(26(31)32)30-14-8-19(9-15-30)17-29-12-10-21(11-13-29)33-22-6-7-23(27)24(28)16-22/h2-7,16,19,21,25H,8-15,17H2,1H3,(H,31,32). The quantitative estimate of drug-likeness (QED) is 0.540. The minimum Gasteiger partial charge on any atom is -0.490 e. The zero-order valence-electron chi connectivity index (χ0n) is 19.1. The maximum Gasteiger partial charge on any atom is 0.325 e. The van der Waals surface area contributed by atoms with E-state index in [2.05, 4.69) is 9.80 Å². The van der Waals surface area contributed by atoms with Crippen LogP contribution >= 0.6 is 23.2 Å². The number of nitrogens with zero attached hydrogens (tertiary/aromatic N) is 2. The molecule has 1 atom stereocenters. The maximum atomic E-state index is 12.0. The van der Waals surface area contributed by atoms with E-state index in [-0.39, 0.29) is 6.10 Å². The van der Waals surface area contributed by atoms with Crippen molar-refractivity contribution in [2.45, 2.75) is 44.8 Å². The van der Waals surface area contributed by atoms with Gasteiger partial charge in [0.2, 0.25) is 0 Å². The number of carboxylic acid groups (broad SMARTS) is 1. The van der Waals surface area contributed by atoms with E-state index in [4.69, 9.17) is 27.9 Å². The molecule has 2 fully saturated rings. The second kappa shape index (κ2) is 11.1. The Morgan fingerprint density at radius 3 is 2.27 bits per heavy atom. The third-order valence-corrected chi connectivity index (χ3v) is 7.63. The molecule has 5 nitrogen and oxygen atoms in total. The first-order valence-corrected chi connectivity index (χ1v) is 12.5. The van der Waals surface area contributed by atoms with Gasteiger partial charge in [-0.2, -0.15) is 0 Å². The molecule has 178 valence electrons. The summed E-state index contributed by atoms with van der Waals surface area (Å²) in [6, 6.07) is 12.8. The third-order valence-electron chi connectivity index (χ3n) is 6.89. The van der Waals surface area contributed by atoms with E-state index < -0.39 is 12.0 Å². The topological polar surface area (TPSA) is 53.0 Å². The molecule has 0 spiro atoms. The number of hydrogen-bond acceptors (Lipinski definition) is 4. The van der Waals surface area contributed by atoms with Gasteiger partial charge >= 0.3 is 5.97 Å². The molecule has 33 heavy (non-hydrogen) atoms. The minimum atomic E-state index is -0.763. The summed E-state index contributed by atoms with van der Waals surface area (Å²) in [5, 5.41) is 10.9. The molecule has 0 amide bonds. The molecule has 2 aliphatic rings. The molecule has 0 radical (unpaired) electrons. The summed E-state index contributed by atoms with van der Waals surface area (Å²) in [4.78, 5) is 16.7. The van der Waals surface area contributed by atoms with Crippen molar-refractivity contribution < 1.29 is 14.6 Å². The van der Waals surface area contributed by atoms with E-state index in [1.807, 2.05) is 37.3 Å². The van der Waals surface area contributed by atoms with Gasteiger partial charge in [0.1, 0.15) is 17.9 Å². The molecule has 2 saturated heterocycles. The molecule has 4 rings (SSSR count). The van der Waals surface area contributed by atoms with E-state index in [1.54, 1.807) is 12.1 Å². The average molecular weight is 491 g/mol. The lowest BCUT2D eigenvalue weighted by Gasteiger charge is -2.39. The Kier molecular flexibility index (Phi) is 8.18. The van der Waals surface area contributed by atoms with Gasteiger partial charge in [-0.15, -0.1) is 0 Å². The van der Waals surface area contributed by atoms with Crippen molar-refractivity contribution >= 4 is 29.2 Å². The van der Waals surface area contributed by atoms with Crippen LogP contribution in [-0.2, 0) is 4.79 Å². The van der Waals surface area contributed by atoms with E-state index in [0.717, 1.165) is 75.3 Å². The van der Waals surface area contributed by atoms with Crippen molar-refractivity contribution in [1.82, 2.24) is 9.80 Å². The Morgan fingerprint density at radius 2 is 1.67 bits per heavy atom. The summed E-state index contributed by atoms with van der Waals surface area (Å²) in [6.07, 6.45) is 4.26. The van der Waals surface area contributed by atoms with Crippen LogP contribution in [0.4, 0.5) is 0 Å². The number of carbonyl (C=O) groups is 1. The first-order chi connectivity index (χ1) is 15.9. The van der Waals surface area contributed by atoms with Gasteiger partial charge in [0.25, 0.3) is 0 Å². The van der Waals surface area contributed by atoms with E-state index in [0.29, 0.717) is 16.0 Å². The molecule has 2 aromatic carbocycles. The molecule has 1 unspecified atom stereocenters. The number of likely N-dealkylation sites (tertiary alicyclic amines) is 2. The smallest absolute Gasteiger partial charge is 0.325 e. The van der Waals surface area contributed by atoms with Gasteiger partial charge in [-0.1, -0.05) is 53.0 Å². The molecule has 2 aromatic rings. The Hall–Kier alpha value is -1.79. The Bertz CT molecular complexity index is 937. The number of aliphatic carboxylic acids is 1. The lowest BCUT2D eigenvalue weighted by atomic mass is 9.92. The Balaban J connectivity index is 1.23. The van der Waals surface area contributed by atoms with Crippen LogP contribution in [0, 0.1) is 12.8 Å². The average Bonchev–Trinajstić information content (AvgIpc) is 2.80. The van der Waals surface area contributed by atoms with Gasteiger partial charge in [-0.3, -0.25) is 9.69 Å². The fraction of sp³-hybridized carbons (Fsp3) is 0.500. The second-order valence-corrected chi connectivity index (χ2v) is 10.1. The summed E-state index contributed by atoms with van der Waals surface area (Å²) < 4.78 is 6.11. The monoisotopic (exact) mass is 490 g/mol. The molecule has 0 aliphatic carbocycles. The first kappa shape index (κ1) is 24.3. The van der Waals surface area contributed by atoms with Crippen LogP contribution < -0.4 is 4.74 Å². The van der Waals surface area contributed by atoms with Crippen LogP contribution in [0.15, 0.2) is 42.5 Å². The van der Waals surface area contributed by atoms with E-state index >= 15 is 0 Å². The van der Waals surface area contributed by atoms with Crippen molar-refractivity contribution in [2.75, 3.05) is 32.7 Å². The van der Waals surface area contributed by atoms with Gasteiger partial charge < -0.3 is 14.7 Å². The summed E-state index contributed by atoms with van der Waals surface area (Å²) in [5.41, 5.74) is 2.02. The Labute approximate surface area is 206 Å². The van der Waals surface area contributed by atoms with Crippen LogP contribution in [0.1, 0.15) is 42.9 Å². The van der Waals surface area contributed by atoms with Crippen molar-refractivity contribution in [2.24, 2.45) is 5.92 Å². The largest absolute Gasteiger partial charge is 0.490 e. The summed E-state index contributed by atoms with van der Waals surface area (Å²) >= 11 is 12.1. The highest BCUT2D eigenvalue weighted by Gasteiger charge is 2.32. The molecule has 7 heteroatoms. The van der Waals surface area contributed by atoms with Crippen LogP contribution in [-0.4, -0.2) is 59.7 Å². The number of piperidine rings is 2. The molecule has 1 N–H and O–H groups in total. The molecular weight excluding hydrogens is 459 g/mol. The molecular formula is C26H32Cl2N2O3. The zero-order valence-corrected chi connectivity index (χ0v) is 20.6. The lowest BCUT2D eigenvalue weighted by Crippen LogP contribution is -2.45. The van der Waals surface area contributed by atoms with Gasteiger partial charge in [0.15, 0.2) is 0 Å². The van der Waals surface area contributed by atoms with Gasteiger partial charge in [-0.05, 0) is 69.3 Å². The number of carboxylic acids is 1. The number of aryl methyl sites for hydroxylation is 1. The van der Waals surface area contributed by atoms with Crippen LogP contribution in [0.5, 0.6) is 5.75 Å². The van der Waals surface area contributed by atoms with E-state index in [1.165, 1.54) is 0 Å². The highest BCUT2D eigenvalue weighted by Crippen LogP contribution is 2.30. The van der Waals surface area contributed by atoms with Gasteiger partial charge in [0, 0.05) is 25.7 Å². The van der Waals surface area contributed by atoms with Gasteiger partial charge in [0.05, 0.1) is 10.0 Å². The van der Waals surface area contributed by atoms with Crippen LogP contribution in [0.3, 0.4) is 0 Å². The molecule has 0 saturated carbocycles. The SMILES string of the molecule is Cc1ccc(C(C(=O)O)N2CCC(CN3CCC(Oc4ccc(Cl)c(Cl)c4)CC3)CC2)cc1. The van der Waals surface area contributed by atoms with Gasteiger partial charge in [-0.25, -0.2) is 0 Å². The van der Waals surface area contributed by atoms with Crippen molar-refractivity contribution in [3.8, 4) is 5.75 Å². The highest BCUT2D eigenvalue weighted by molar-refractivity contribution is 6.42. The molecule has 0 aromatic heterocycles. The summed E-state index contributed by atoms with van der Waals surface area (Å²) in [6.45, 7) is 6.79. The van der Waals surface area contributed by atoms with Crippen molar-refractivity contribution in [3.63, 3.8) is 0 Å². The number of hydrogen-bond donors (Lipinski definition) is 1. The fourth-order valence-corrected chi connectivity index (χ4v) is 5.26. The lowest BCUT2D eigenvalue weighted by molar-refractivity contribution is -0.144.